The Morgan fingerprint density at radius 1 is 1.35 bits per heavy atom. The van der Waals surface area contributed by atoms with Crippen molar-refractivity contribution < 1.29 is 9.66 Å². The molecule has 0 bridgehead atoms. The number of aromatic nitrogens is 1. The SMILES string of the molecule is O=[N+]([O-])C=Cc1ccc(Oc2nccs2)cc1. The van der Waals surface area contributed by atoms with Crippen molar-refractivity contribution in [2.75, 3.05) is 0 Å². The highest BCUT2D eigenvalue weighted by Gasteiger charge is 1.99. The van der Waals surface area contributed by atoms with Crippen LogP contribution in [0.4, 0.5) is 0 Å². The lowest BCUT2D eigenvalue weighted by Gasteiger charge is -2.00. The molecule has 6 heteroatoms. The second-order valence-corrected chi connectivity index (χ2v) is 3.93. The molecule has 5 nitrogen and oxygen atoms in total. The van der Waals surface area contributed by atoms with Gasteiger partial charge in [-0.1, -0.05) is 23.5 Å². The van der Waals surface area contributed by atoms with Crippen LogP contribution in [0, 0.1) is 10.1 Å². The average Bonchev–Trinajstić information content (AvgIpc) is 2.81. The van der Waals surface area contributed by atoms with Gasteiger partial charge in [-0.25, -0.2) is 4.98 Å². The van der Waals surface area contributed by atoms with Gasteiger partial charge < -0.3 is 4.74 Å². The summed E-state index contributed by atoms with van der Waals surface area (Å²) in [6.07, 6.45) is 3.98. The van der Waals surface area contributed by atoms with E-state index in [-0.39, 0.29) is 0 Å². The highest BCUT2D eigenvalue weighted by atomic mass is 32.1. The van der Waals surface area contributed by atoms with Crippen LogP contribution in [0.5, 0.6) is 10.9 Å². The maximum atomic E-state index is 10.1. The van der Waals surface area contributed by atoms with Crippen LogP contribution in [0.1, 0.15) is 5.56 Å². The van der Waals surface area contributed by atoms with Crippen LogP contribution in [0.3, 0.4) is 0 Å². The van der Waals surface area contributed by atoms with Crippen molar-refractivity contribution in [2.45, 2.75) is 0 Å². The number of thiazole rings is 1. The zero-order chi connectivity index (χ0) is 12.1. The van der Waals surface area contributed by atoms with Crippen LogP contribution in [0.15, 0.2) is 42.0 Å². The van der Waals surface area contributed by atoms with Gasteiger partial charge >= 0.3 is 0 Å². The van der Waals surface area contributed by atoms with Gasteiger partial charge in [0.2, 0.25) is 6.20 Å². The second kappa shape index (κ2) is 5.22. The number of ether oxygens (including phenoxy) is 1. The van der Waals surface area contributed by atoms with Crippen molar-refractivity contribution in [1.82, 2.24) is 4.98 Å². The first-order valence-corrected chi connectivity index (χ1v) is 5.61. The van der Waals surface area contributed by atoms with E-state index >= 15 is 0 Å². The fraction of sp³-hybridized carbons (Fsp3) is 0. The van der Waals surface area contributed by atoms with Crippen LogP contribution in [0.2, 0.25) is 0 Å². The molecule has 0 spiro atoms. The topological polar surface area (TPSA) is 65.3 Å². The minimum Gasteiger partial charge on any atom is -0.431 e. The molecule has 0 aliphatic rings. The summed E-state index contributed by atoms with van der Waals surface area (Å²) >= 11 is 1.40. The van der Waals surface area contributed by atoms with Crippen molar-refractivity contribution in [3.05, 3.63) is 57.7 Å². The molecule has 86 valence electrons. The third-order valence-electron chi connectivity index (χ3n) is 1.88. The molecule has 0 saturated carbocycles. The third-order valence-corrected chi connectivity index (χ3v) is 2.53. The van der Waals surface area contributed by atoms with Crippen molar-refractivity contribution in [3.8, 4) is 10.9 Å². The Bertz CT molecular complexity index is 520. The fourth-order valence-corrected chi connectivity index (χ4v) is 1.66. The van der Waals surface area contributed by atoms with E-state index in [4.69, 9.17) is 4.74 Å². The van der Waals surface area contributed by atoms with E-state index in [1.807, 2.05) is 5.38 Å². The molecular formula is C11H8N2O3S. The number of nitro groups is 1. The van der Waals surface area contributed by atoms with E-state index in [1.165, 1.54) is 17.4 Å². The molecule has 0 amide bonds. The molecule has 1 aromatic carbocycles. The molecule has 0 aliphatic heterocycles. The van der Waals surface area contributed by atoms with Crippen molar-refractivity contribution in [3.63, 3.8) is 0 Å². The number of hydrogen-bond acceptors (Lipinski definition) is 5. The maximum Gasteiger partial charge on any atom is 0.278 e. The van der Waals surface area contributed by atoms with Gasteiger partial charge in [-0.05, 0) is 17.7 Å². The minimum atomic E-state index is -0.500. The van der Waals surface area contributed by atoms with E-state index in [0.717, 1.165) is 11.8 Å². The summed E-state index contributed by atoms with van der Waals surface area (Å²) in [7, 11) is 0. The molecule has 0 aliphatic carbocycles. The van der Waals surface area contributed by atoms with Crippen LogP contribution < -0.4 is 4.74 Å². The summed E-state index contributed by atoms with van der Waals surface area (Å²) in [6.45, 7) is 0. The lowest BCUT2D eigenvalue weighted by atomic mass is 10.2. The first-order chi connectivity index (χ1) is 8.24. The highest BCUT2D eigenvalue weighted by Crippen LogP contribution is 2.23. The van der Waals surface area contributed by atoms with Gasteiger partial charge in [0.1, 0.15) is 5.75 Å². The zero-order valence-electron chi connectivity index (χ0n) is 8.65. The monoisotopic (exact) mass is 248 g/mol. The first kappa shape index (κ1) is 11.3. The van der Waals surface area contributed by atoms with Gasteiger partial charge in [-0.3, -0.25) is 10.1 Å². The van der Waals surface area contributed by atoms with Gasteiger partial charge in [0.05, 0.1) is 4.92 Å². The molecule has 17 heavy (non-hydrogen) atoms. The van der Waals surface area contributed by atoms with E-state index in [1.54, 1.807) is 30.5 Å². The third kappa shape index (κ3) is 3.39. The predicted molar refractivity (Wildman–Crippen MR) is 64.7 cm³/mol. The largest absolute Gasteiger partial charge is 0.431 e. The van der Waals surface area contributed by atoms with Gasteiger partial charge in [-0.15, -0.1) is 0 Å². The Morgan fingerprint density at radius 2 is 2.12 bits per heavy atom. The van der Waals surface area contributed by atoms with Crippen molar-refractivity contribution in [2.24, 2.45) is 0 Å². The molecular weight excluding hydrogens is 240 g/mol. The minimum absolute atomic E-state index is 0.500. The summed E-state index contributed by atoms with van der Waals surface area (Å²) in [5.41, 5.74) is 0.744. The summed E-state index contributed by atoms with van der Waals surface area (Å²) in [5.74, 6) is 0.651. The molecule has 1 aromatic heterocycles. The van der Waals surface area contributed by atoms with Gasteiger partial charge in [-0.2, -0.15) is 0 Å². The number of nitrogens with zero attached hydrogens (tertiary/aromatic N) is 2. The second-order valence-electron chi connectivity index (χ2n) is 3.07. The Balaban J connectivity index is 2.05. The Hall–Kier alpha value is -2.21. The molecule has 0 saturated heterocycles. The van der Waals surface area contributed by atoms with Gasteiger partial charge in [0, 0.05) is 17.7 Å². The van der Waals surface area contributed by atoms with Crippen LogP contribution in [-0.2, 0) is 0 Å². The molecule has 2 rings (SSSR count). The van der Waals surface area contributed by atoms with Crippen LogP contribution in [-0.4, -0.2) is 9.91 Å². The summed E-state index contributed by atoms with van der Waals surface area (Å²) < 4.78 is 5.45. The first-order valence-electron chi connectivity index (χ1n) is 4.73. The predicted octanol–water partition coefficient (Wildman–Crippen LogP) is 3.18. The number of rotatable bonds is 4. The molecule has 0 radical (unpaired) electrons. The van der Waals surface area contributed by atoms with Crippen molar-refractivity contribution >= 4 is 17.4 Å². The smallest absolute Gasteiger partial charge is 0.278 e. The zero-order valence-corrected chi connectivity index (χ0v) is 9.46. The van der Waals surface area contributed by atoms with E-state index in [0.29, 0.717) is 10.9 Å². The van der Waals surface area contributed by atoms with E-state index in [2.05, 4.69) is 4.98 Å². The number of benzene rings is 1. The number of hydrogen-bond donors (Lipinski definition) is 0. The average molecular weight is 248 g/mol. The Kier molecular flexibility index (Phi) is 3.46. The lowest BCUT2D eigenvalue weighted by molar-refractivity contribution is -0.400. The lowest BCUT2D eigenvalue weighted by Crippen LogP contribution is -1.84. The molecule has 0 fully saturated rings. The molecule has 2 aromatic rings. The molecule has 0 N–H and O–H groups in total. The van der Waals surface area contributed by atoms with Gasteiger partial charge in [0.15, 0.2) is 0 Å². The normalized spacial score (nSPS) is 10.6. The maximum absolute atomic E-state index is 10.1. The molecule has 1 heterocycles. The Labute approximate surface area is 101 Å². The molecule has 0 unspecified atom stereocenters. The van der Waals surface area contributed by atoms with Crippen LogP contribution in [0.25, 0.3) is 6.08 Å². The standard InChI is InChI=1S/C11H8N2O3S/c14-13(15)7-5-9-1-3-10(4-2-9)16-11-12-6-8-17-11/h1-8H. The van der Waals surface area contributed by atoms with E-state index in [9.17, 15) is 10.1 Å². The van der Waals surface area contributed by atoms with Gasteiger partial charge in [0.25, 0.3) is 5.19 Å². The summed E-state index contributed by atoms with van der Waals surface area (Å²) in [5, 5.41) is 12.5. The molecule has 0 atom stereocenters. The Morgan fingerprint density at radius 3 is 2.71 bits per heavy atom. The summed E-state index contributed by atoms with van der Waals surface area (Å²) in [6, 6.07) is 6.95. The van der Waals surface area contributed by atoms with E-state index < -0.39 is 4.92 Å². The van der Waals surface area contributed by atoms with Crippen LogP contribution >= 0.6 is 11.3 Å². The summed E-state index contributed by atoms with van der Waals surface area (Å²) in [4.78, 5) is 13.6. The quantitative estimate of drug-likeness (QED) is 0.615. The van der Waals surface area contributed by atoms with Crippen molar-refractivity contribution in [1.29, 1.82) is 0 Å². The fourth-order valence-electron chi connectivity index (χ4n) is 1.16. The highest BCUT2D eigenvalue weighted by molar-refractivity contribution is 7.11.